The number of carboxylic acid groups (broad SMARTS) is 1. The smallest absolute Gasteiger partial charge is 0.305 e. The molecule has 2 N–H and O–H groups in total. The average molecular weight is 743 g/mol. The van der Waals surface area contributed by atoms with Crippen LogP contribution in [-0.2, 0) is 31.0 Å². The molecule has 4 aliphatic rings. The molecule has 4 aromatic rings. The molecule has 1 saturated carbocycles. The van der Waals surface area contributed by atoms with E-state index in [4.69, 9.17) is 21.4 Å². The van der Waals surface area contributed by atoms with Crippen LogP contribution in [0.4, 0.5) is 5.82 Å². The maximum absolute atomic E-state index is 15.0. The first kappa shape index (κ1) is 34.1. The number of phenolic OH excluding ortho intramolecular Hbond substituents is 1. The molecule has 4 heterocycles. The molecule has 52 heavy (non-hydrogen) atoms. The molecule has 268 valence electrons. The van der Waals surface area contributed by atoms with E-state index in [0.717, 1.165) is 25.4 Å². The van der Waals surface area contributed by atoms with Gasteiger partial charge in [-0.15, -0.1) is 11.3 Å². The van der Waals surface area contributed by atoms with Gasteiger partial charge in [0.05, 0.1) is 41.6 Å². The summed E-state index contributed by atoms with van der Waals surface area (Å²) in [5.74, 6) is -6.33. The number of aromatic nitrogens is 2. The SMILES string of the molecule is COc1ccc(O)c([C@H]2C3=CC[C@@H]4C(=O)N(CCC(=O)O)C(=O)[C@@H]4[C@@H]3C[C@H]3C(=O)N(c4cc(-c5sc6ccc(Cl)cc6c5C)nn4C)C(=O)[C@@]23C)c1. The Hall–Kier alpha value is -5.01. The van der Waals surface area contributed by atoms with Crippen molar-refractivity contribution >= 4 is 68.4 Å². The molecule has 2 aliphatic carbocycles. The zero-order chi connectivity index (χ0) is 37.0. The first-order valence-corrected chi connectivity index (χ1v) is 18.2. The molecule has 0 spiro atoms. The number of anilines is 1. The number of halogens is 1. The van der Waals surface area contributed by atoms with Crippen LogP contribution in [0.1, 0.15) is 43.2 Å². The molecule has 2 aromatic heterocycles. The second kappa shape index (κ2) is 12.0. The van der Waals surface area contributed by atoms with E-state index in [0.29, 0.717) is 27.6 Å². The van der Waals surface area contributed by atoms with Crippen molar-refractivity contribution in [2.24, 2.45) is 36.1 Å². The summed E-state index contributed by atoms with van der Waals surface area (Å²) in [6, 6.07) is 12.1. The number of ether oxygens (including phenoxy) is 1. The highest BCUT2D eigenvalue weighted by atomic mass is 35.5. The van der Waals surface area contributed by atoms with E-state index in [1.165, 1.54) is 34.1 Å². The van der Waals surface area contributed by atoms with Crippen molar-refractivity contribution in [2.75, 3.05) is 18.6 Å². The van der Waals surface area contributed by atoms with Crippen LogP contribution in [0.2, 0.25) is 5.02 Å². The molecule has 3 fully saturated rings. The van der Waals surface area contributed by atoms with E-state index < -0.39 is 64.6 Å². The summed E-state index contributed by atoms with van der Waals surface area (Å²) in [5.41, 5.74) is 1.22. The number of rotatable bonds is 7. The largest absolute Gasteiger partial charge is 0.508 e. The van der Waals surface area contributed by atoms with E-state index >= 15 is 4.79 Å². The predicted molar refractivity (Wildman–Crippen MR) is 192 cm³/mol. The number of carbonyl (C=O) groups is 5. The molecular weight excluding hydrogens is 708 g/mol. The quantitative estimate of drug-likeness (QED) is 0.179. The molecule has 6 atom stereocenters. The van der Waals surface area contributed by atoms with E-state index in [-0.39, 0.29) is 37.4 Å². The lowest BCUT2D eigenvalue weighted by molar-refractivity contribution is -0.142. The van der Waals surface area contributed by atoms with Crippen molar-refractivity contribution in [3.63, 3.8) is 0 Å². The molecule has 2 aromatic carbocycles. The third-order valence-electron chi connectivity index (χ3n) is 11.7. The number of methoxy groups -OCH3 is 1. The van der Waals surface area contributed by atoms with Crippen molar-refractivity contribution in [1.29, 1.82) is 0 Å². The number of benzene rings is 2. The highest BCUT2D eigenvalue weighted by molar-refractivity contribution is 7.22. The minimum Gasteiger partial charge on any atom is -0.508 e. The number of aryl methyl sites for hydroxylation is 2. The fourth-order valence-corrected chi connectivity index (χ4v) is 10.5. The number of hydrogen-bond acceptors (Lipinski definition) is 9. The van der Waals surface area contributed by atoms with Gasteiger partial charge < -0.3 is 14.9 Å². The number of hydrogen-bond donors (Lipinski definition) is 2. The van der Waals surface area contributed by atoms with Gasteiger partial charge in [-0.05, 0) is 80.0 Å². The van der Waals surface area contributed by atoms with Crippen molar-refractivity contribution in [2.45, 2.75) is 39.0 Å². The highest BCUT2D eigenvalue weighted by Gasteiger charge is 2.68. The summed E-state index contributed by atoms with van der Waals surface area (Å²) in [6.07, 6.45) is 1.80. The second-order valence-corrected chi connectivity index (χ2v) is 15.8. The lowest BCUT2D eigenvalue weighted by atomic mass is 9.51. The maximum atomic E-state index is 15.0. The van der Waals surface area contributed by atoms with Crippen LogP contribution in [0.15, 0.2) is 54.1 Å². The molecule has 12 nitrogen and oxygen atoms in total. The van der Waals surface area contributed by atoms with Gasteiger partial charge in [-0.25, -0.2) is 4.90 Å². The first-order valence-electron chi connectivity index (χ1n) is 17.0. The van der Waals surface area contributed by atoms with Crippen molar-refractivity contribution in [1.82, 2.24) is 14.7 Å². The van der Waals surface area contributed by atoms with Crippen LogP contribution in [0.3, 0.4) is 0 Å². The van der Waals surface area contributed by atoms with Crippen molar-refractivity contribution in [3.05, 3.63) is 70.3 Å². The van der Waals surface area contributed by atoms with E-state index in [1.807, 2.05) is 31.2 Å². The van der Waals surface area contributed by atoms with Crippen molar-refractivity contribution in [3.8, 4) is 22.1 Å². The summed E-state index contributed by atoms with van der Waals surface area (Å²) >= 11 is 7.83. The Balaban J connectivity index is 1.24. The van der Waals surface area contributed by atoms with Gasteiger partial charge in [0.25, 0.3) is 0 Å². The molecule has 2 aliphatic heterocycles. The van der Waals surface area contributed by atoms with Gasteiger partial charge in [0, 0.05) is 40.9 Å². The number of aliphatic carboxylic acids is 1. The Morgan fingerprint density at radius 1 is 1.08 bits per heavy atom. The Morgan fingerprint density at radius 3 is 2.58 bits per heavy atom. The Morgan fingerprint density at radius 2 is 1.85 bits per heavy atom. The van der Waals surface area contributed by atoms with E-state index in [2.05, 4.69) is 0 Å². The fraction of sp³-hybridized carbons (Fsp3) is 0.368. The summed E-state index contributed by atoms with van der Waals surface area (Å²) in [5, 5.41) is 27.0. The Kier molecular flexibility index (Phi) is 7.88. The Bertz CT molecular complexity index is 2290. The van der Waals surface area contributed by atoms with E-state index in [1.54, 1.807) is 32.2 Å². The number of carboxylic acids is 1. The van der Waals surface area contributed by atoms with Gasteiger partial charge >= 0.3 is 5.97 Å². The zero-order valence-electron chi connectivity index (χ0n) is 28.8. The topological polar surface area (TPSA) is 159 Å². The van der Waals surface area contributed by atoms with Crippen LogP contribution in [0.5, 0.6) is 11.5 Å². The number of carbonyl (C=O) groups excluding carboxylic acids is 4. The maximum Gasteiger partial charge on any atom is 0.305 e. The van der Waals surface area contributed by atoms with Crippen LogP contribution >= 0.6 is 22.9 Å². The second-order valence-electron chi connectivity index (χ2n) is 14.3. The van der Waals surface area contributed by atoms with Gasteiger partial charge in [-0.3, -0.25) is 33.6 Å². The third-order valence-corrected chi connectivity index (χ3v) is 13.2. The molecule has 2 saturated heterocycles. The number of aromatic hydroxyl groups is 1. The summed E-state index contributed by atoms with van der Waals surface area (Å²) < 4.78 is 8.05. The lowest BCUT2D eigenvalue weighted by Crippen LogP contribution is -2.49. The molecule has 14 heteroatoms. The monoisotopic (exact) mass is 742 g/mol. The zero-order valence-corrected chi connectivity index (χ0v) is 30.3. The number of fused-ring (bicyclic) bond motifs is 5. The van der Waals surface area contributed by atoms with Gasteiger partial charge in [0.15, 0.2) is 0 Å². The van der Waals surface area contributed by atoms with Gasteiger partial charge in [-0.1, -0.05) is 23.3 Å². The first-order chi connectivity index (χ1) is 24.8. The summed E-state index contributed by atoms with van der Waals surface area (Å²) in [4.78, 5) is 71.7. The Labute approximate surface area is 307 Å². The molecule has 0 unspecified atom stereocenters. The number of amides is 4. The number of allylic oxidation sites excluding steroid dienone is 2. The lowest BCUT2D eigenvalue weighted by Gasteiger charge is -2.49. The fourth-order valence-electron chi connectivity index (χ4n) is 9.18. The van der Waals surface area contributed by atoms with E-state index in [9.17, 15) is 29.4 Å². The van der Waals surface area contributed by atoms with Crippen LogP contribution < -0.4 is 9.64 Å². The number of likely N-dealkylation sites (tertiary alicyclic amines) is 1. The molecular formula is C38H35ClN4O8S. The average Bonchev–Trinajstić information content (AvgIpc) is 3.78. The number of imide groups is 2. The van der Waals surface area contributed by atoms with Crippen molar-refractivity contribution < 1.29 is 38.9 Å². The minimum absolute atomic E-state index is 0.104. The molecule has 4 amide bonds. The standard InChI is InChI=1S/C38H35ClN4O8S/c1-17-22-13-18(39)5-10-28(22)52-33(17)26-16-29(41(3)40-26)43-35(48)25-15-23-20(7-8-21-31(23)36(49)42(34(21)47)12-11-30(45)46)32(38(25,2)37(43)50)24-14-19(51-4)6-9-27(24)44/h5-7,9-10,13-14,16,21,23,25,31-32,44H,8,11-12,15H2,1-4H3,(H,45,46)/t21-,23+,25-,31-,32+,38+/m0/s1. The normalized spacial score (nSPS) is 26.9. The highest BCUT2D eigenvalue weighted by Crippen LogP contribution is 2.64. The number of nitrogens with zero attached hydrogens (tertiary/aromatic N) is 4. The van der Waals surface area contributed by atoms with Crippen LogP contribution in [-0.4, -0.2) is 68.1 Å². The van der Waals surface area contributed by atoms with Gasteiger partial charge in [0.2, 0.25) is 23.6 Å². The predicted octanol–water partition coefficient (Wildman–Crippen LogP) is 5.68. The molecule has 0 bridgehead atoms. The summed E-state index contributed by atoms with van der Waals surface area (Å²) in [7, 11) is 3.16. The number of phenols is 1. The van der Waals surface area contributed by atoms with Gasteiger partial charge in [0.1, 0.15) is 23.0 Å². The molecule has 8 rings (SSSR count). The number of thiophene rings is 1. The molecule has 0 radical (unpaired) electrons. The minimum atomic E-state index is -1.40. The summed E-state index contributed by atoms with van der Waals surface area (Å²) in [6.45, 7) is 3.47. The third kappa shape index (κ3) is 4.78. The van der Waals surface area contributed by atoms with Gasteiger partial charge in [-0.2, -0.15) is 5.10 Å². The van der Waals surface area contributed by atoms with Crippen LogP contribution in [0.25, 0.3) is 20.7 Å². The van der Waals surface area contributed by atoms with Crippen LogP contribution in [0, 0.1) is 36.0 Å².